The molecule has 0 saturated heterocycles. The van der Waals surface area contributed by atoms with E-state index in [9.17, 15) is 4.79 Å². The van der Waals surface area contributed by atoms with E-state index in [-0.39, 0.29) is 11.9 Å². The van der Waals surface area contributed by atoms with Gasteiger partial charge in [0.1, 0.15) is 0 Å². The number of methoxy groups -OCH3 is 1. The van der Waals surface area contributed by atoms with E-state index in [2.05, 4.69) is 19.9 Å². The van der Waals surface area contributed by atoms with Gasteiger partial charge < -0.3 is 4.74 Å². The molecule has 1 aromatic rings. The summed E-state index contributed by atoms with van der Waals surface area (Å²) in [5.74, 6) is -0.385. The lowest BCUT2D eigenvalue weighted by Crippen LogP contribution is -2.11. The van der Waals surface area contributed by atoms with Crippen LogP contribution in [0, 0.1) is 0 Å². The molecule has 16 heavy (non-hydrogen) atoms. The van der Waals surface area contributed by atoms with E-state index in [1.165, 1.54) is 7.11 Å². The summed E-state index contributed by atoms with van der Waals surface area (Å²) in [6.45, 7) is 6.17. The number of hydrogen-bond donors (Lipinski definition) is 0. The fourth-order valence-electron chi connectivity index (χ4n) is 1.50. The molecule has 0 bridgehead atoms. The van der Waals surface area contributed by atoms with Crippen molar-refractivity contribution in [2.45, 2.75) is 36.8 Å². The second-order valence-corrected chi connectivity index (χ2v) is 5.57. The predicted molar refractivity (Wildman–Crippen MR) is 67.9 cm³/mol. The van der Waals surface area contributed by atoms with Gasteiger partial charge in [-0.05, 0) is 18.6 Å². The summed E-state index contributed by atoms with van der Waals surface area (Å²) in [6, 6.07) is 8.00. The Balaban J connectivity index is 2.98. The number of carbonyl (C=O) groups is 1. The first-order valence-electron chi connectivity index (χ1n) is 5.39. The predicted octanol–water partition coefficient (Wildman–Crippen LogP) is 3.46. The fourth-order valence-corrected chi connectivity index (χ4v) is 2.55. The van der Waals surface area contributed by atoms with Gasteiger partial charge in [-0.15, -0.1) is 11.8 Å². The summed E-state index contributed by atoms with van der Waals surface area (Å²) in [5.41, 5.74) is 1.05. The monoisotopic (exact) mass is 238 g/mol. The molecule has 0 aromatic heterocycles. The van der Waals surface area contributed by atoms with Crippen LogP contribution in [0.2, 0.25) is 0 Å². The maximum absolute atomic E-state index is 11.5. The zero-order chi connectivity index (χ0) is 12.1. The second-order valence-electron chi connectivity index (χ2n) is 3.95. The Hall–Kier alpha value is -0.960. The Morgan fingerprint density at radius 2 is 1.88 bits per heavy atom. The molecule has 0 spiro atoms. The average Bonchev–Trinajstić information content (AvgIpc) is 2.27. The van der Waals surface area contributed by atoms with Gasteiger partial charge >= 0.3 is 5.97 Å². The number of benzene rings is 1. The first-order valence-corrected chi connectivity index (χ1v) is 6.27. The lowest BCUT2D eigenvalue weighted by Gasteiger charge is -2.15. The van der Waals surface area contributed by atoms with Crippen molar-refractivity contribution >= 4 is 17.7 Å². The van der Waals surface area contributed by atoms with E-state index in [1.807, 2.05) is 25.1 Å². The van der Waals surface area contributed by atoms with Crippen LogP contribution in [-0.2, 0) is 9.53 Å². The van der Waals surface area contributed by atoms with Crippen LogP contribution >= 0.6 is 11.8 Å². The molecule has 1 atom stereocenters. The zero-order valence-electron chi connectivity index (χ0n) is 10.2. The van der Waals surface area contributed by atoms with Crippen molar-refractivity contribution in [2.24, 2.45) is 0 Å². The third-order valence-corrected chi connectivity index (χ3v) is 3.40. The van der Waals surface area contributed by atoms with Crippen LogP contribution in [-0.4, -0.2) is 18.3 Å². The summed E-state index contributed by atoms with van der Waals surface area (Å²) < 4.78 is 4.78. The summed E-state index contributed by atoms with van der Waals surface area (Å²) in [7, 11) is 1.43. The van der Waals surface area contributed by atoms with Crippen molar-refractivity contribution in [2.75, 3.05) is 7.11 Å². The molecule has 0 aliphatic rings. The number of thioether (sulfide) groups is 1. The smallest absolute Gasteiger partial charge is 0.312 e. The Labute approximate surface area is 101 Å². The highest BCUT2D eigenvalue weighted by Gasteiger charge is 2.19. The fraction of sp³-hybridized carbons (Fsp3) is 0.462. The van der Waals surface area contributed by atoms with Gasteiger partial charge in [0, 0.05) is 10.1 Å². The molecule has 0 heterocycles. The molecule has 1 unspecified atom stereocenters. The van der Waals surface area contributed by atoms with Crippen molar-refractivity contribution in [1.29, 1.82) is 0 Å². The lowest BCUT2D eigenvalue weighted by atomic mass is 10.0. The number of rotatable bonds is 4. The van der Waals surface area contributed by atoms with E-state index in [4.69, 9.17) is 4.74 Å². The van der Waals surface area contributed by atoms with Crippen LogP contribution in [0.4, 0.5) is 0 Å². The second kappa shape index (κ2) is 5.94. The van der Waals surface area contributed by atoms with E-state index in [0.717, 1.165) is 10.5 Å². The van der Waals surface area contributed by atoms with Crippen LogP contribution < -0.4 is 0 Å². The summed E-state index contributed by atoms with van der Waals surface area (Å²) >= 11 is 1.77. The highest BCUT2D eigenvalue weighted by atomic mass is 32.2. The van der Waals surface area contributed by atoms with Crippen LogP contribution in [0.3, 0.4) is 0 Å². The topological polar surface area (TPSA) is 26.3 Å². The molecular weight excluding hydrogens is 220 g/mol. The lowest BCUT2D eigenvalue weighted by molar-refractivity contribution is -0.142. The minimum absolute atomic E-state index is 0.184. The quantitative estimate of drug-likeness (QED) is 0.593. The molecule has 1 aromatic carbocycles. The molecule has 1 rings (SSSR count). The third-order valence-electron chi connectivity index (χ3n) is 2.30. The Morgan fingerprint density at radius 3 is 2.44 bits per heavy atom. The van der Waals surface area contributed by atoms with Crippen LogP contribution in [0.25, 0.3) is 0 Å². The van der Waals surface area contributed by atoms with Gasteiger partial charge in [-0.3, -0.25) is 4.79 Å². The zero-order valence-corrected chi connectivity index (χ0v) is 11.0. The van der Waals surface area contributed by atoms with Crippen molar-refractivity contribution in [1.82, 2.24) is 0 Å². The number of hydrogen-bond acceptors (Lipinski definition) is 3. The van der Waals surface area contributed by atoms with Gasteiger partial charge in [-0.2, -0.15) is 0 Å². The summed E-state index contributed by atoms with van der Waals surface area (Å²) in [5, 5.41) is 0.506. The van der Waals surface area contributed by atoms with Crippen molar-refractivity contribution in [3.63, 3.8) is 0 Å². The summed E-state index contributed by atoms with van der Waals surface area (Å²) in [4.78, 5) is 12.7. The van der Waals surface area contributed by atoms with Crippen LogP contribution in [0.1, 0.15) is 32.3 Å². The molecule has 0 aliphatic carbocycles. The van der Waals surface area contributed by atoms with Gasteiger partial charge in [0.05, 0.1) is 13.0 Å². The molecule has 0 radical (unpaired) electrons. The maximum Gasteiger partial charge on any atom is 0.312 e. The molecule has 0 fully saturated rings. The van der Waals surface area contributed by atoms with Crippen LogP contribution in [0.15, 0.2) is 29.2 Å². The number of carbonyl (C=O) groups excluding carboxylic acids is 1. The molecule has 3 heteroatoms. The van der Waals surface area contributed by atoms with Gasteiger partial charge in [-0.1, -0.05) is 32.0 Å². The van der Waals surface area contributed by atoms with Gasteiger partial charge in [0.25, 0.3) is 0 Å². The molecular formula is C13H18O2S. The largest absolute Gasteiger partial charge is 0.469 e. The average molecular weight is 238 g/mol. The normalized spacial score (nSPS) is 12.6. The Bertz CT molecular complexity index is 361. The van der Waals surface area contributed by atoms with E-state index >= 15 is 0 Å². The summed E-state index contributed by atoms with van der Waals surface area (Å²) in [6.07, 6.45) is 0. The number of ether oxygens (including phenoxy) is 1. The molecule has 0 saturated carbocycles. The van der Waals surface area contributed by atoms with E-state index in [1.54, 1.807) is 11.8 Å². The Morgan fingerprint density at radius 1 is 1.25 bits per heavy atom. The van der Waals surface area contributed by atoms with Gasteiger partial charge in [-0.25, -0.2) is 0 Å². The van der Waals surface area contributed by atoms with Crippen LogP contribution in [0.5, 0.6) is 0 Å². The molecule has 0 amide bonds. The Kier molecular flexibility index (Phi) is 4.87. The van der Waals surface area contributed by atoms with Gasteiger partial charge in [0.15, 0.2) is 0 Å². The standard InChI is InChI=1S/C13H18O2S/c1-9(2)16-12-8-6-5-7-11(12)10(3)13(14)15-4/h5-10H,1-4H3. The van der Waals surface area contributed by atoms with E-state index in [0.29, 0.717) is 5.25 Å². The third kappa shape index (κ3) is 3.27. The highest BCUT2D eigenvalue weighted by molar-refractivity contribution is 8.00. The molecule has 88 valence electrons. The number of esters is 1. The van der Waals surface area contributed by atoms with Gasteiger partial charge in [0.2, 0.25) is 0 Å². The maximum atomic E-state index is 11.5. The first-order chi connectivity index (χ1) is 7.56. The molecule has 2 nitrogen and oxygen atoms in total. The first kappa shape index (κ1) is 13.1. The minimum Gasteiger partial charge on any atom is -0.469 e. The highest BCUT2D eigenvalue weighted by Crippen LogP contribution is 2.31. The van der Waals surface area contributed by atoms with E-state index < -0.39 is 0 Å². The van der Waals surface area contributed by atoms with Crippen molar-refractivity contribution in [3.05, 3.63) is 29.8 Å². The molecule has 0 aliphatic heterocycles. The van der Waals surface area contributed by atoms with Crippen molar-refractivity contribution in [3.8, 4) is 0 Å². The van der Waals surface area contributed by atoms with Crippen molar-refractivity contribution < 1.29 is 9.53 Å². The minimum atomic E-state index is -0.201. The molecule has 0 N–H and O–H groups in total. The SMILES string of the molecule is COC(=O)C(C)c1ccccc1SC(C)C.